The topological polar surface area (TPSA) is 118 Å². The van der Waals surface area contributed by atoms with Crippen molar-refractivity contribution in [2.24, 2.45) is 0 Å². The highest BCUT2D eigenvalue weighted by molar-refractivity contribution is 6.30. The molecule has 9 heteroatoms. The van der Waals surface area contributed by atoms with E-state index in [0.29, 0.717) is 22.9 Å². The molecule has 0 unspecified atom stereocenters. The fraction of sp³-hybridized carbons (Fsp3) is 0.0526. The van der Waals surface area contributed by atoms with Gasteiger partial charge in [-0.15, -0.1) is 0 Å². The first-order valence-electron chi connectivity index (χ1n) is 8.09. The Balaban J connectivity index is 1.88. The molecule has 3 aromatic rings. The van der Waals surface area contributed by atoms with Crippen molar-refractivity contribution in [1.82, 2.24) is 9.97 Å². The van der Waals surface area contributed by atoms with Crippen LogP contribution in [0, 0.1) is 10.1 Å². The molecule has 0 aliphatic rings. The molecule has 1 aromatic heterocycles. The van der Waals surface area contributed by atoms with Crippen LogP contribution in [0.4, 0.5) is 5.69 Å². The molecule has 28 heavy (non-hydrogen) atoms. The molecule has 2 N–H and O–H groups in total. The van der Waals surface area contributed by atoms with E-state index in [1.807, 2.05) is 17.1 Å². The number of rotatable bonds is 6. The van der Waals surface area contributed by atoms with Gasteiger partial charge in [-0.05, 0) is 35.9 Å². The average molecular weight is 400 g/mol. The molecule has 0 aliphatic carbocycles. The molecule has 0 spiro atoms. The van der Waals surface area contributed by atoms with E-state index in [1.165, 1.54) is 12.2 Å². The van der Waals surface area contributed by atoms with Gasteiger partial charge in [-0.1, -0.05) is 41.9 Å². The van der Waals surface area contributed by atoms with Crippen molar-refractivity contribution in [3.05, 3.63) is 101 Å². The van der Waals surface area contributed by atoms with Gasteiger partial charge in [-0.25, -0.2) is 4.79 Å². The third kappa shape index (κ3) is 4.54. The van der Waals surface area contributed by atoms with Crippen LogP contribution in [0.5, 0.6) is 5.75 Å². The van der Waals surface area contributed by atoms with Crippen LogP contribution in [-0.2, 0) is 6.61 Å². The van der Waals surface area contributed by atoms with Crippen LogP contribution >= 0.6 is 11.6 Å². The number of H-pyrrole nitrogens is 2. The lowest BCUT2D eigenvalue weighted by molar-refractivity contribution is -0.386. The predicted molar refractivity (Wildman–Crippen MR) is 105 cm³/mol. The third-order valence-electron chi connectivity index (χ3n) is 3.78. The smallest absolute Gasteiger partial charge is 0.357 e. The van der Waals surface area contributed by atoms with Gasteiger partial charge < -0.3 is 9.72 Å². The highest BCUT2D eigenvalue weighted by Gasteiger charge is 2.18. The first-order chi connectivity index (χ1) is 13.4. The number of nitrogens with one attached hydrogen (secondary N) is 2. The van der Waals surface area contributed by atoms with E-state index in [0.717, 1.165) is 5.56 Å². The zero-order valence-electron chi connectivity index (χ0n) is 14.3. The number of nitro groups is 1. The number of nitrogens with zero attached hydrogens (tertiary/aromatic N) is 1. The van der Waals surface area contributed by atoms with E-state index in [2.05, 4.69) is 4.98 Å². The quantitative estimate of drug-likeness (QED) is 0.486. The van der Waals surface area contributed by atoms with Crippen molar-refractivity contribution in [1.29, 1.82) is 0 Å². The van der Waals surface area contributed by atoms with Gasteiger partial charge in [0.1, 0.15) is 18.1 Å². The van der Waals surface area contributed by atoms with E-state index in [4.69, 9.17) is 16.3 Å². The second-order valence-electron chi connectivity index (χ2n) is 5.71. The molecule has 0 fully saturated rings. The average Bonchev–Trinajstić information content (AvgIpc) is 2.65. The van der Waals surface area contributed by atoms with E-state index < -0.39 is 21.9 Å². The van der Waals surface area contributed by atoms with E-state index in [9.17, 15) is 19.7 Å². The second kappa shape index (κ2) is 8.36. The van der Waals surface area contributed by atoms with Crippen molar-refractivity contribution in [3.8, 4) is 5.75 Å². The van der Waals surface area contributed by atoms with Crippen molar-refractivity contribution < 1.29 is 9.66 Å². The minimum atomic E-state index is -1.07. The van der Waals surface area contributed by atoms with Crippen molar-refractivity contribution in [2.45, 2.75) is 6.61 Å². The molecule has 2 aromatic carbocycles. The van der Waals surface area contributed by atoms with Crippen molar-refractivity contribution >= 4 is 29.4 Å². The summed E-state index contributed by atoms with van der Waals surface area (Å²) in [6.07, 6.45) is 2.81. The first-order valence-corrected chi connectivity index (χ1v) is 8.47. The monoisotopic (exact) mass is 399 g/mol. The Bertz CT molecular complexity index is 1150. The lowest BCUT2D eigenvalue weighted by atomic mass is 10.1. The van der Waals surface area contributed by atoms with Crippen LogP contribution in [0.1, 0.15) is 16.8 Å². The molecule has 0 saturated heterocycles. The first kappa shape index (κ1) is 19.1. The fourth-order valence-electron chi connectivity index (χ4n) is 2.46. The Morgan fingerprint density at radius 2 is 1.75 bits per heavy atom. The number of benzene rings is 2. The number of hydrogen-bond donors (Lipinski definition) is 2. The van der Waals surface area contributed by atoms with E-state index in [-0.39, 0.29) is 5.69 Å². The molecule has 0 bridgehead atoms. The maximum Gasteiger partial charge on any atom is 0.357 e. The zero-order valence-corrected chi connectivity index (χ0v) is 15.1. The zero-order chi connectivity index (χ0) is 20.1. The van der Waals surface area contributed by atoms with Crippen LogP contribution in [-0.4, -0.2) is 14.9 Å². The molecule has 142 valence electrons. The summed E-state index contributed by atoms with van der Waals surface area (Å²) in [7, 11) is 0. The van der Waals surface area contributed by atoms with Crippen molar-refractivity contribution in [2.75, 3.05) is 0 Å². The van der Waals surface area contributed by atoms with Crippen LogP contribution in [0.2, 0.25) is 5.02 Å². The third-order valence-corrected chi connectivity index (χ3v) is 4.04. The lowest BCUT2D eigenvalue weighted by Crippen LogP contribution is -2.25. The number of halogens is 1. The molecule has 0 radical (unpaired) electrons. The predicted octanol–water partition coefficient (Wildman–Crippen LogP) is 3.37. The van der Waals surface area contributed by atoms with Crippen LogP contribution < -0.4 is 16.0 Å². The highest BCUT2D eigenvalue weighted by atomic mass is 35.5. The van der Waals surface area contributed by atoms with Crippen LogP contribution in [0.15, 0.2) is 58.1 Å². The normalized spacial score (nSPS) is 10.9. The second-order valence-corrected chi connectivity index (χ2v) is 6.15. The summed E-state index contributed by atoms with van der Waals surface area (Å²) in [4.78, 5) is 37.5. The van der Waals surface area contributed by atoms with Gasteiger partial charge >= 0.3 is 16.9 Å². The van der Waals surface area contributed by atoms with Gasteiger partial charge in [0.15, 0.2) is 0 Å². The molecule has 0 amide bonds. The maximum atomic E-state index is 11.7. The summed E-state index contributed by atoms with van der Waals surface area (Å²) in [5.41, 5.74) is -1.31. The van der Waals surface area contributed by atoms with E-state index in [1.54, 1.807) is 36.4 Å². The molecule has 0 aliphatic heterocycles. The van der Waals surface area contributed by atoms with Gasteiger partial charge in [0.2, 0.25) is 0 Å². The molecule has 3 rings (SSSR count). The SMILES string of the molecule is O=c1[nH]c(/C=C\c2ccccc2OCc2ccc(Cl)cc2)c([N+](=O)[O-])c(=O)[nH]1. The van der Waals surface area contributed by atoms with Gasteiger partial charge in [0.05, 0.1) is 4.92 Å². The summed E-state index contributed by atoms with van der Waals surface area (Å²) < 4.78 is 5.81. The Labute approximate surface area is 163 Å². The molecule has 1 heterocycles. The Morgan fingerprint density at radius 1 is 1.04 bits per heavy atom. The number of hydrogen-bond acceptors (Lipinski definition) is 5. The van der Waals surface area contributed by atoms with Gasteiger partial charge in [0.25, 0.3) is 0 Å². The summed E-state index contributed by atoms with van der Waals surface area (Å²) in [5.74, 6) is 0.531. The van der Waals surface area contributed by atoms with Gasteiger partial charge in [-0.2, -0.15) is 0 Å². The summed E-state index contributed by atoms with van der Waals surface area (Å²) in [5, 5.41) is 11.7. The summed E-state index contributed by atoms with van der Waals surface area (Å²) in [6.45, 7) is 0.296. The number of ether oxygens (including phenoxy) is 1. The van der Waals surface area contributed by atoms with Crippen LogP contribution in [0.3, 0.4) is 0 Å². The Morgan fingerprint density at radius 3 is 2.46 bits per heavy atom. The van der Waals surface area contributed by atoms with Gasteiger partial charge in [-0.3, -0.25) is 19.9 Å². The molecule has 0 atom stereocenters. The molecule has 0 saturated carbocycles. The largest absolute Gasteiger partial charge is 0.488 e. The Hall–Kier alpha value is -3.65. The molecule has 8 nitrogen and oxygen atoms in total. The van der Waals surface area contributed by atoms with Gasteiger partial charge in [0, 0.05) is 10.6 Å². The summed E-state index contributed by atoms with van der Waals surface area (Å²) >= 11 is 5.86. The number of para-hydroxylation sites is 1. The fourth-order valence-corrected chi connectivity index (χ4v) is 2.59. The maximum absolute atomic E-state index is 11.7. The van der Waals surface area contributed by atoms with Crippen LogP contribution in [0.25, 0.3) is 12.2 Å². The molecular weight excluding hydrogens is 386 g/mol. The number of aromatic amines is 2. The van der Waals surface area contributed by atoms with E-state index >= 15 is 0 Å². The minimum absolute atomic E-state index is 0.203. The Kier molecular flexibility index (Phi) is 5.71. The highest BCUT2D eigenvalue weighted by Crippen LogP contribution is 2.23. The lowest BCUT2D eigenvalue weighted by Gasteiger charge is -2.09. The minimum Gasteiger partial charge on any atom is -0.488 e. The summed E-state index contributed by atoms with van der Waals surface area (Å²) in [6, 6.07) is 14.2. The van der Waals surface area contributed by atoms with Crippen molar-refractivity contribution in [3.63, 3.8) is 0 Å². The standard InChI is InChI=1S/C19H14ClN3O5/c20-14-8-5-12(6-9-14)11-28-16-4-2-1-3-13(16)7-10-15-17(23(26)27)18(24)22-19(25)21-15/h1-10H,11H2,(H2,21,22,24,25)/b10-7-. The molecular formula is C19H14ClN3O5. The number of aromatic nitrogens is 2.